The molecule has 1 nitrogen and oxygen atoms in total. The van der Waals surface area contributed by atoms with Gasteiger partial charge in [-0.2, -0.15) is 0 Å². The standard InChI is InChI=1S/C37H35OS2.C24BF20/c1-26-6-20-33(21-7-26)40(34-22-8-27(2)9-23-34)35-24-18-32(19-25-35)39-31-16-12-29(13-17-31)36(38)28-10-14-30(15-11-28)37(3,4)5;26-5-1(6(27)14(35)21(42)13(5)34)25(2-7(28)15(36)22(43)16(37)8(2)29,3-9(30)17(38)23(44)18(39)10(3)31)4-11(32)19(40)24(45)20(41)12(4)33/h6-25H,1-5H3;/q+1;-1. The van der Waals surface area contributed by atoms with Crippen molar-refractivity contribution in [3.8, 4) is 0 Å². The van der Waals surface area contributed by atoms with Crippen molar-refractivity contribution in [1.82, 2.24) is 0 Å². The van der Waals surface area contributed by atoms with Gasteiger partial charge < -0.3 is 0 Å². The van der Waals surface area contributed by atoms with Gasteiger partial charge in [-0.1, -0.05) is 92.2 Å². The first-order valence-corrected chi connectivity index (χ1v) is 26.6. The van der Waals surface area contributed by atoms with Gasteiger partial charge in [0.05, 0.1) is 10.9 Å². The van der Waals surface area contributed by atoms with Crippen LogP contribution in [-0.4, -0.2) is 11.9 Å². The Hall–Kier alpha value is -7.99. The first kappa shape index (κ1) is 63.0. The second-order valence-corrected chi connectivity index (χ2v) is 23.2. The van der Waals surface area contributed by atoms with Gasteiger partial charge >= 0.3 is 0 Å². The van der Waals surface area contributed by atoms with Gasteiger partial charge in [0.25, 0.3) is 0 Å². The zero-order valence-corrected chi connectivity index (χ0v) is 45.5. The Morgan fingerprint density at radius 1 is 0.318 bits per heavy atom. The predicted molar refractivity (Wildman–Crippen MR) is 279 cm³/mol. The maximum absolute atomic E-state index is 15.4. The monoisotopic (exact) mass is 1240 g/mol. The fourth-order valence-electron chi connectivity index (χ4n) is 9.37. The van der Waals surface area contributed by atoms with Crippen molar-refractivity contribution >= 4 is 56.4 Å². The number of rotatable bonds is 11. The summed E-state index contributed by atoms with van der Waals surface area (Å²) in [7, 11) is -0.166. The van der Waals surface area contributed by atoms with Gasteiger partial charge in [0.15, 0.2) is 90.3 Å². The number of carbonyl (C=O) groups excluding carboxylic acids is 1. The Morgan fingerprint density at radius 3 is 0.776 bits per heavy atom. The average Bonchev–Trinajstić information content (AvgIpc) is 0.697. The highest BCUT2D eigenvalue weighted by Gasteiger charge is 2.52. The van der Waals surface area contributed by atoms with E-state index in [1.54, 1.807) is 11.8 Å². The van der Waals surface area contributed by atoms with Crippen LogP contribution >= 0.6 is 11.8 Å². The number of carbonyl (C=O) groups is 1. The van der Waals surface area contributed by atoms with E-state index >= 15 is 35.1 Å². The molecule has 0 unspecified atom stereocenters. The van der Waals surface area contributed by atoms with E-state index in [9.17, 15) is 57.5 Å². The van der Waals surface area contributed by atoms with Crippen LogP contribution in [0.4, 0.5) is 87.8 Å². The molecule has 24 heteroatoms. The minimum atomic E-state index is -7.22. The van der Waals surface area contributed by atoms with Crippen molar-refractivity contribution in [3.05, 3.63) is 265 Å². The lowest BCUT2D eigenvalue weighted by atomic mass is 9.12. The Kier molecular flexibility index (Phi) is 17.9. The summed E-state index contributed by atoms with van der Waals surface area (Å²) >= 11 is 1.72. The molecular formula is C61H35BF20OS2. The fourth-order valence-corrected chi connectivity index (χ4v) is 12.2. The lowest BCUT2D eigenvalue weighted by molar-refractivity contribution is 0.103. The van der Waals surface area contributed by atoms with E-state index in [0.717, 1.165) is 10.5 Å². The molecule has 0 fully saturated rings. The summed E-state index contributed by atoms with van der Waals surface area (Å²) in [6, 6.07) is 42.7. The molecular weight excluding hydrogens is 1200 g/mol. The molecule has 440 valence electrons. The predicted octanol–water partition coefficient (Wildman–Crippen LogP) is 15.9. The molecule has 0 aliphatic rings. The average molecular weight is 1240 g/mol. The zero-order valence-electron chi connectivity index (χ0n) is 43.9. The molecule has 0 heterocycles. The summed E-state index contributed by atoms with van der Waals surface area (Å²) in [4.78, 5) is 19.3. The third-order valence-electron chi connectivity index (χ3n) is 13.6. The highest BCUT2D eigenvalue weighted by molar-refractivity contribution is 7.99. The highest BCUT2D eigenvalue weighted by atomic mass is 32.2. The minimum Gasteiger partial charge on any atom is -0.289 e. The molecule has 9 rings (SSSR count). The molecule has 0 aliphatic heterocycles. The summed E-state index contributed by atoms with van der Waals surface area (Å²) in [5, 5.41) is 0. The van der Waals surface area contributed by atoms with Crippen molar-refractivity contribution in [1.29, 1.82) is 0 Å². The Morgan fingerprint density at radius 2 is 0.529 bits per heavy atom. The third-order valence-corrected chi connectivity index (χ3v) is 16.9. The van der Waals surface area contributed by atoms with Gasteiger partial charge in [-0.15, -0.1) is 21.9 Å². The van der Waals surface area contributed by atoms with Crippen LogP contribution in [0.3, 0.4) is 0 Å². The van der Waals surface area contributed by atoms with Gasteiger partial charge in [-0.3, -0.25) is 4.79 Å². The molecule has 9 aromatic carbocycles. The van der Waals surface area contributed by atoms with Crippen LogP contribution in [0.25, 0.3) is 0 Å². The zero-order chi connectivity index (χ0) is 62.6. The number of hydrogen-bond acceptors (Lipinski definition) is 2. The molecule has 0 spiro atoms. The summed E-state index contributed by atoms with van der Waals surface area (Å²) in [6.07, 6.45) is -7.22. The van der Waals surface area contributed by atoms with Gasteiger partial charge in [0.2, 0.25) is 0 Å². The molecule has 0 radical (unpaired) electrons. The molecule has 0 aliphatic carbocycles. The smallest absolute Gasteiger partial charge is 0.200 e. The van der Waals surface area contributed by atoms with E-state index in [1.165, 1.54) is 36.3 Å². The van der Waals surface area contributed by atoms with Crippen molar-refractivity contribution in [2.45, 2.75) is 64.5 Å². The van der Waals surface area contributed by atoms with Gasteiger partial charge in [-0.05, 0) is 97.6 Å². The third kappa shape index (κ3) is 11.3. The van der Waals surface area contributed by atoms with Crippen LogP contribution in [0, 0.1) is 130 Å². The van der Waals surface area contributed by atoms with Crippen LogP contribution in [0.1, 0.15) is 53.4 Å². The summed E-state index contributed by atoms with van der Waals surface area (Å²) in [5.74, 6) is -71.3. The topological polar surface area (TPSA) is 17.1 Å². The van der Waals surface area contributed by atoms with Crippen molar-refractivity contribution in [3.63, 3.8) is 0 Å². The van der Waals surface area contributed by atoms with E-state index in [1.807, 2.05) is 36.4 Å². The first-order chi connectivity index (χ1) is 39.9. The lowest BCUT2D eigenvalue weighted by Crippen LogP contribution is -2.81. The van der Waals surface area contributed by atoms with Crippen LogP contribution in [0.2, 0.25) is 0 Å². The fraction of sp³-hybridized carbons (Fsp3) is 0.0984. The van der Waals surface area contributed by atoms with E-state index < -0.39 is 144 Å². The quantitative estimate of drug-likeness (QED) is 0.0321. The Labute approximate surface area is 477 Å². The SMILES string of the molecule is Cc1ccc([S+](c2ccc(C)cc2)c2ccc(Sc3ccc(C(=O)c4ccc(C(C)(C)C)cc4)cc3)cc2)cc1.Fc1c(F)c(F)c([B-](c2c(F)c(F)c(F)c(F)c2F)(c2c(F)c(F)c(F)c(F)c2F)c2c(F)c(F)c(F)c(F)c2F)c(F)c1F. The number of aryl methyl sites for hydroxylation is 2. The maximum atomic E-state index is 15.4. The second-order valence-electron chi connectivity index (χ2n) is 20.0. The van der Waals surface area contributed by atoms with E-state index in [2.05, 4.69) is 120 Å². The van der Waals surface area contributed by atoms with E-state index in [-0.39, 0.29) is 22.1 Å². The molecule has 0 N–H and O–H groups in total. The Bertz CT molecular complexity index is 3650. The molecule has 0 aromatic heterocycles. The largest absolute Gasteiger partial charge is 0.289 e. The van der Waals surface area contributed by atoms with Crippen molar-refractivity contribution < 1.29 is 92.6 Å². The normalized spacial score (nSPS) is 11.8. The summed E-state index contributed by atoms with van der Waals surface area (Å²) in [5.41, 5.74) is -9.05. The van der Waals surface area contributed by atoms with E-state index in [0.29, 0.717) is 5.56 Å². The summed E-state index contributed by atoms with van der Waals surface area (Å²) < 4.78 is 294. The first-order valence-electron chi connectivity index (χ1n) is 24.5. The van der Waals surface area contributed by atoms with Crippen molar-refractivity contribution in [2.24, 2.45) is 0 Å². The van der Waals surface area contributed by atoms with Crippen LogP contribution in [-0.2, 0) is 16.3 Å². The van der Waals surface area contributed by atoms with Gasteiger partial charge in [0, 0.05) is 20.9 Å². The molecule has 0 atom stereocenters. The number of ketones is 1. The van der Waals surface area contributed by atoms with Crippen LogP contribution in [0.15, 0.2) is 146 Å². The second kappa shape index (κ2) is 24.2. The van der Waals surface area contributed by atoms with Gasteiger partial charge in [0.1, 0.15) is 52.7 Å². The lowest BCUT2D eigenvalue weighted by Gasteiger charge is -2.44. The highest BCUT2D eigenvalue weighted by Crippen LogP contribution is 2.36. The van der Waals surface area contributed by atoms with Gasteiger partial charge in [-0.25, -0.2) is 87.8 Å². The molecule has 0 amide bonds. The number of halogens is 20. The molecule has 0 saturated carbocycles. The number of benzene rings is 9. The van der Waals surface area contributed by atoms with E-state index in [4.69, 9.17) is 0 Å². The maximum Gasteiger partial charge on any atom is 0.200 e. The number of hydrogen-bond donors (Lipinski definition) is 0. The molecule has 0 bridgehead atoms. The minimum absolute atomic E-state index is 0.0561. The molecule has 85 heavy (non-hydrogen) atoms. The van der Waals surface area contributed by atoms with Crippen molar-refractivity contribution in [2.75, 3.05) is 0 Å². The molecule has 9 aromatic rings. The molecule has 0 saturated heterocycles. The van der Waals surface area contributed by atoms with Crippen LogP contribution in [0.5, 0.6) is 0 Å². The van der Waals surface area contributed by atoms with Crippen LogP contribution < -0.4 is 21.9 Å². The Balaban J connectivity index is 0.000000223. The summed E-state index contributed by atoms with van der Waals surface area (Å²) in [6.45, 7) is 10.8.